The van der Waals surface area contributed by atoms with Gasteiger partial charge in [0, 0.05) is 30.6 Å². The van der Waals surface area contributed by atoms with E-state index in [1.165, 1.54) is 0 Å². The fourth-order valence-electron chi connectivity index (χ4n) is 2.07. The van der Waals surface area contributed by atoms with Crippen molar-refractivity contribution in [3.63, 3.8) is 0 Å². The lowest BCUT2D eigenvalue weighted by atomic mass is 10.2. The maximum atomic E-state index is 11.7. The Labute approximate surface area is 108 Å². The second-order valence-corrected chi connectivity index (χ2v) is 5.09. The largest absolute Gasteiger partial charge is 0.368 e. The van der Waals surface area contributed by atoms with Crippen LogP contribution in [-0.4, -0.2) is 39.8 Å². The highest BCUT2D eigenvalue weighted by Crippen LogP contribution is 2.14. The summed E-state index contributed by atoms with van der Waals surface area (Å²) in [5.41, 5.74) is 1.12. The summed E-state index contributed by atoms with van der Waals surface area (Å²) in [6.07, 6.45) is 4.03. The number of ether oxygens (including phenoxy) is 1. The molecule has 0 radical (unpaired) electrons. The molecule has 7 heteroatoms. The molecule has 0 aromatic carbocycles. The first-order valence-electron chi connectivity index (χ1n) is 6.00. The minimum absolute atomic E-state index is 0.00253. The number of thiazole rings is 1. The third kappa shape index (κ3) is 2.23. The first kappa shape index (κ1) is 11.6. The van der Waals surface area contributed by atoms with Crippen LogP contribution in [0, 0.1) is 0 Å². The molecule has 1 fully saturated rings. The van der Waals surface area contributed by atoms with Crippen LogP contribution in [0.3, 0.4) is 0 Å². The van der Waals surface area contributed by atoms with Crippen molar-refractivity contribution in [3.8, 4) is 0 Å². The standard InChI is InChI=1S/C11H14N4O2S/c16-10(9-2-1-5-17-9)12-4-3-8-6-18-11-14-13-7-15(8)11/h6-7,9H,1-5H2,(H,12,16). The van der Waals surface area contributed by atoms with E-state index in [0.717, 1.165) is 29.9 Å². The predicted molar refractivity (Wildman–Crippen MR) is 66.6 cm³/mol. The zero-order chi connectivity index (χ0) is 12.4. The van der Waals surface area contributed by atoms with E-state index in [1.54, 1.807) is 17.7 Å². The van der Waals surface area contributed by atoms with E-state index in [4.69, 9.17) is 4.74 Å². The average Bonchev–Trinajstić information content (AvgIpc) is 3.07. The first-order chi connectivity index (χ1) is 8.84. The molecule has 3 rings (SSSR count). The molecular weight excluding hydrogens is 252 g/mol. The molecule has 6 nitrogen and oxygen atoms in total. The normalized spacial score (nSPS) is 19.4. The van der Waals surface area contributed by atoms with Crippen molar-refractivity contribution in [3.05, 3.63) is 17.4 Å². The minimum Gasteiger partial charge on any atom is -0.368 e. The topological polar surface area (TPSA) is 68.5 Å². The van der Waals surface area contributed by atoms with Crippen LogP contribution in [0.2, 0.25) is 0 Å². The predicted octanol–water partition coefficient (Wildman–Crippen LogP) is 0.628. The van der Waals surface area contributed by atoms with Gasteiger partial charge in [-0.1, -0.05) is 0 Å². The molecule has 1 atom stereocenters. The molecule has 0 saturated carbocycles. The minimum atomic E-state index is -0.248. The molecule has 3 heterocycles. The molecule has 2 aromatic heterocycles. The van der Waals surface area contributed by atoms with Crippen LogP contribution in [0.4, 0.5) is 0 Å². The number of hydrogen-bond acceptors (Lipinski definition) is 5. The maximum Gasteiger partial charge on any atom is 0.249 e. The molecule has 1 amide bonds. The Morgan fingerprint density at radius 2 is 2.61 bits per heavy atom. The molecule has 1 saturated heterocycles. The highest BCUT2D eigenvalue weighted by Gasteiger charge is 2.22. The van der Waals surface area contributed by atoms with E-state index >= 15 is 0 Å². The summed E-state index contributed by atoms with van der Waals surface area (Å²) in [6.45, 7) is 1.31. The number of amides is 1. The van der Waals surface area contributed by atoms with Crippen molar-refractivity contribution >= 4 is 22.2 Å². The van der Waals surface area contributed by atoms with Crippen molar-refractivity contribution in [2.24, 2.45) is 0 Å². The number of fused-ring (bicyclic) bond motifs is 1. The summed E-state index contributed by atoms with van der Waals surface area (Å²) in [5.74, 6) is 0.00253. The molecular formula is C11H14N4O2S. The Morgan fingerprint density at radius 3 is 3.44 bits per heavy atom. The Balaban J connectivity index is 1.52. The van der Waals surface area contributed by atoms with Crippen molar-refractivity contribution < 1.29 is 9.53 Å². The van der Waals surface area contributed by atoms with Gasteiger partial charge in [0.25, 0.3) is 0 Å². The second kappa shape index (κ2) is 5.03. The van der Waals surface area contributed by atoms with Crippen molar-refractivity contribution in [1.29, 1.82) is 0 Å². The highest BCUT2D eigenvalue weighted by atomic mass is 32.1. The van der Waals surface area contributed by atoms with Gasteiger partial charge in [0.2, 0.25) is 10.9 Å². The van der Waals surface area contributed by atoms with E-state index in [-0.39, 0.29) is 12.0 Å². The summed E-state index contributed by atoms with van der Waals surface area (Å²) in [6, 6.07) is 0. The van der Waals surface area contributed by atoms with Crippen LogP contribution < -0.4 is 5.32 Å². The average molecular weight is 266 g/mol. The van der Waals surface area contributed by atoms with Gasteiger partial charge < -0.3 is 10.1 Å². The first-order valence-corrected chi connectivity index (χ1v) is 6.88. The van der Waals surface area contributed by atoms with Crippen molar-refractivity contribution in [2.45, 2.75) is 25.4 Å². The van der Waals surface area contributed by atoms with E-state index in [9.17, 15) is 4.79 Å². The third-order valence-electron chi connectivity index (χ3n) is 3.03. The lowest BCUT2D eigenvalue weighted by molar-refractivity contribution is -0.129. The van der Waals surface area contributed by atoms with Crippen LogP contribution in [0.1, 0.15) is 18.5 Å². The quantitative estimate of drug-likeness (QED) is 0.881. The maximum absolute atomic E-state index is 11.7. The van der Waals surface area contributed by atoms with Gasteiger partial charge in [-0.25, -0.2) is 0 Å². The molecule has 0 bridgehead atoms. The van der Waals surface area contributed by atoms with Crippen LogP contribution in [0.15, 0.2) is 11.7 Å². The number of carbonyl (C=O) groups excluding carboxylic acids is 1. The second-order valence-electron chi connectivity index (χ2n) is 4.25. The molecule has 0 spiro atoms. The van der Waals surface area contributed by atoms with Crippen molar-refractivity contribution in [2.75, 3.05) is 13.2 Å². The molecule has 1 aliphatic rings. The molecule has 18 heavy (non-hydrogen) atoms. The number of hydrogen-bond donors (Lipinski definition) is 1. The van der Waals surface area contributed by atoms with Crippen LogP contribution in [-0.2, 0) is 16.0 Å². The van der Waals surface area contributed by atoms with Crippen molar-refractivity contribution in [1.82, 2.24) is 19.9 Å². The van der Waals surface area contributed by atoms with Crippen LogP contribution in [0.5, 0.6) is 0 Å². The number of rotatable bonds is 4. The van der Waals surface area contributed by atoms with Gasteiger partial charge in [0.15, 0.2) is 0 Å². The Hall–Kier alpha value is -1.47. The summed E-state index contributed by atoms with van der Waals surface area (Å²) in [7, 11) is 0. The van der Waals surface area contributed by atoms with Gasteiger partial charge in [-0.2, -0.15) is 0 Å². The molecule has 0 aliphatic carbocycles. The van der Waals surface area contributed by atoms with Gasteiger partial charge in [-0.3, -0.25) is 9.20 Å². The smallest absolute Gasteiger partial charge is 0.249 e. The zero-order valence-electron chi connectivity index (χ0n) is 9.83. The highest BCUT2D eigenvalue weighted by molar-refractivity contribution is 7.15. The molecule has 1 N–H and O–H groups in total. The summed E-state index contributed by atoms with van der Waals surface area (Å²) in [4.78, 5) is 12.6. The lowest BCUT2D eigenvalue weighted by Crippen LogP contribution is -2.35. The van der Waals surface area contributed by atoms with Crippen LogP contribution >= 0.6 is 11.3 Å². The van der Waals surface area contributed by atoms with E-state index in [2.05, 4.69) is 15.5 Å². The Morgan fingerprint density at radius 1 is 1.67 bits per heavy atom. The Kier molecular flexibility index (Phi) is 3.24. The number of aromatic nitrogens is 3. The zero-order valence-corrected chi connectivity index (χ0v) is 10.7. The third-order valence-corrected chi connectivity index (χ3v) is 3.91. The summed E-state index contributed by atoms with van der Waals surface area (Å²) >= 11 is 1.56. The van der Waals surface area contributed by atoms with Gasteiger partial charge >= 0.3 is 0 Å². The number of nitrogens with zero attached hydrogens (tertiary/aromatic N) is 3. The molecule has 1 unspecified atom stereocenters. The number of nitrogens with one attached hydrogen (secondary N) is 1. The van der Waals surface area contributed by atoms with E-state index in [0.29, 0.717) is 13.2 Å². The number of carbonyl (C=O) groups is 1. The monoisotopic (exact) mass is 266 g/mol. The van der Waals surface area contributed by atoms with Gasteiger partial charge in [-0.05, 0) is 12.8 Å². The fraction of sp³-hybridized carbons (Fsp3) is 0.545. The van der Waals surface area contributed by atoms with E-state index in [1.807, 2.05) is 9.78 Å². The Bertz CT molecular complexity index is 544. The SMILES string of the molecule is O=C(NCCc1csc2nncn12)C1CCCO1. The van der Waals surface area contributed by atoms with Crippen LogP contribution in [0.25, 0.3) is 4.96 Å². The lowest BCUT2D eigenvalue weighted by Gasteiger charge is -2.09. The molecule has 96 valence electrons. The fourth-order valence-corrected chi connectivity index (χ4v) is 2.92. The summed E-state index contributed by atoms with van der Waals surface area (Å²) in [5, 5.41) is 12.8. The van der Waals surface area contributed by atoms with E-state index < -0.39 is 0 Å². The van der Waals surface area contributed by atoms with Gasteiger partial charge in [-0.15, -0.1) is 21.5 Å². The van der Waals surface area contributed by atoms with Gasteiger partial charge in [0.1, 0.15) is 12.4 Å². The molecule has 1 aliphatic heterocycles. The van der Waals surface area contributed by atoms with Gasteiger partial charge in [0.05, 0.1) is 0 Å². The molecule has 2 aromatic rings. The summed E-state index contributed by atoms with van der Waals surface area (Å²) < 4.78 is 7.27.